The predicted molar refractivity (Wildman–Crippen MR) is 115 cm³/mol. The molecule has 2 aromatic rings. The molecule has 2 aliphatic rings. The first-order valence-electron chi connectivity index (χ1n) is 10.4. The van der Waals surface area contributed by atoms with Crippen LogP contribution in [0.15, 0.2) is 53.0 Å². The van der Waals surface area contributed by atoms with E-state index in [1.165, 1.54) is 16.9 Å². The third kappa shape index (κ3) is 3.72. The fraction of sp³-hybridized carbons (Fsp3) is 0.375. The van der Waals surface area contributed by atoms with E-state index in [0.717, 1.165) is 16.9 Å². The number of allylic oxidation sites excluding steroid dienone is 2. The molecule has 0 bridgehead atoms. The van der Waals surface area contributed by atoms with Gasteiger partial charge in [0.1, 0.15) is 5.92 Å². The number of ketones is 1. The van der Waals surface area contributed by atoms with Crippen molar-refractivity contribution in [3.8, 4) is 0 Å². The molecule has 4 rings (SSSR count). The van der Waals surface area contributed by atoms with Crippen LogP contribution >= 0.6 is 11.3 Å². The molecular formula is C24H25NO4S. The fourth-order valence-electron chi connectivity index (χ4n) is 4.49. The van der Waals surface area contributed by atoms with Gasteiger partial charge in [-0.25, -0.2) is 0 Å². The largest absolute Gasteiger partial charge is 0.465 e. The van der Waals surface area contributed by atoms with Crippen molar-refractivity contribution in [2.75, 3.05) is 6.61 Å². The first-order valence-corrected chi connectivity index (χ1v) is 11.3. The molecule has 1 aromatic heterocycles. The summed E-state index contributed by atoms with van der Waals surface area (Å²) in [6, 6.07) is 11.9. The lowest BCUT2D eigenvalue weighted by Gasteiger charge is -2.37. The van der Waals surface area contributed by atoms with Gasteiger partial charge in [0, 0.05) is 34.4 Å². The maximum atomic E-state index is 13.7. The molecule has 0 radical (unpaired) electrons. The molecule has 0 fully saturated rings. The molecular weight excluding hydrogens is 398 g/mol. The Morgan fingerprint density at radius 3 is 2.53 bits per heavy atom. The summed E-state index contributed by atoms with van der Waals surface area (Å²) in [5.74, 6) is -2.34. The second kappa shape index (κ2) is 8.56. The first kappa shape index (κ1) is 20.5. The van der Waals surface area contributed by atoms with Gasteiger partial charge in [0.25, 0.3) is 0 Å². The summed E-state index contributed by atoms with van der Waals surface area (Å²) in [5.41, 5.74) is 3.34. The minimum atomic E-state index is -0.880. The molecule has 0 saturated carbocycles. The van der Waals surface area contributed by atoms with E-state index < -0.39 is 11.9 Å². The summed E-state index contributed by atoms with van der Waals surface area (Å²) in [6.07, 6.45) is 1.57. The highest BCUT2D eigenvalue weighted by molar-refractivity contribution is 7.10. The smallest absolute Gasteiger partial charge is 0.317 e. The number of amides is 1. The molecule has 2 heterocycles. The Hall–Kier alpha value is -2.73. The van der Waals surface area contributed by atoms with Crippen LogP contribution < -0.4 is 5.32 Å². The molecule has 3 atom stereocenters. The molecule has 1 aromatic carbocycles. The molecule has 6 heteroatoms. The summed E-state index contributed by atoms with van der Waals surface area (Å²) in [7, 11) is 0. The van der Waals surface area contributed by atoms with Gasteiger partial charge in [-0.05, 0) is 42.3 Å². The molecule has 0 unspecified atom stereocenters. The van der Waals surface area contributed by atoms with Crippen molar-refractivity contribution in [2.24, 2.45) is 5.92 Å². The predicted octanol–water partition coefficient (Wildman–Crippen LogP) is 4.10. The van der Waals surface area contributed by atoms with Crippen molar-refractivity contribution in [2.45, 2.75) is 44.9 Å². The van der Waals surface area contributed by atoms with E-state index in [-0.39, 0.29) is 36.6 Å². The van der Waals surface area contributed by atoms with Gasteiger partial charge in [-0.2, -0.15) is 0 Å². The van der Waals surface area contributed by atoms with Crippen LogP contribution in [0, 0.1) is 5.92 Å². The number of Topliss-reactive ketones (excluding diaryl/α,β-unsaturated/α-hetero) is 1. The summed E-state index contributed by atoms with van der Waals surface area (Å²) >= 11 is 1.52. The van der Waals surface area contributed by atoms with E-state index >= 15 is 0 Å². The number of carbonyl (C=O) groups is 3. The van der Waals surface area contributed by atoms with Crippen molar-refractivity contribution in [3.05, 3.63) is 69.1 Å². The lowest BCUT2D eigenvalue weighted by Crippen LogP contribution is -2.44. The maximum Gasteiger partial charge on any atom is 0.317 e. The zero-order valence-electron chi connectivity index (χ0n) is 17.1. The molecule has 0 saturated heterocycles. The number of thiophene rings is 1. The summed E-state index contributed by atoms with van der Waals surface area (Å²) in [6.45, 7) is 4.06. The van der Waals surface area contributed by atoms with E-state index in [0.29, 0.717) is 17.7 Å². The number of hydrogen-bond donors (Lipinski definition) is 1. The highest BCUT2D eigenvalue weighted by Crippen LogP contribution is 2.46. The van der Waals surface area contributed by atoms with Crippen LogP contribution in [0.5, 0.6) is 0 Å². The van der Waals surface area contributed by atoms with Gasteiger partial charge in [-0.15, -0.1) is 11.3 Å². The van der Waals surface area contributed by atoms with Gasteiger partial charge >= 0.3 is 5.97 Å². The van der Waals surface area contributed by atoms with E-state index in [1.807, 2.05) is 41.8 Å². The van der Waals surface area contributed by atoms with E-state index in [4.69, 9.17) is 4.74 Å². The zero-order valence-corrected chi connectivity index (χ0v) is 18.0. The third-order valence-corrected chi connectivity index (χ3v) is 6.97. The minimum absolute atomic E-state index is 0.0920. The zero-order chi connectivity index (χ0) is 21.3. The number of hydrogen-bond acceptors (Lipinski definition) is 5. The van der Waals surface area contributed by atoms with Crippen LogP contribution in [0.2, 0.25) is 0 Å². The van der Waals surface area contributed by atoms with Crippen molar-refractivity contribution in [1.82, 2.24) is 5.32 Å². The Morgan fingerprint density at radius 2 is 1.90 bits per heavy atom. The molecule has 30 heavy (non-hydrogen) atoms. The van der Waals surface area contributed by atoms with Crippen molar-refractivity contribution < 1.29 is 19.1 Å². The van der Waals surface area contributed by atoms with E-state index in [1.54, 1.807) is 6.92 Å². The van der Waals surface area contributed by atoms with Crippen molar-refractivity contribution in [1.29, 1.82) is 0 Å². The lowest BCUT2D eigenvalue weighted by molar-refractivity contribution is -0.152. The minimum Gasteiger partial charge on any atom is -0.465 e. The Labute approximate surface area is 180 Å². The highest BCUT2D eigenvalue weighted by atomic mass is 32.1. The summed E-state index contributed by atoms with van der Waals surface area (Å²) in [5, 5.41) is 4.86. The topological polar surface area (TPSA) is 72.5 Å². The highest BCUT2D eigenvalue weighted by Gasteiger charge is 2.47. The summed E-state index contributed by atoms with van der Waals surface area (Å²) in [4.78, 5) is 40.0. The van der Waals surface area contributed by atoms with Crippen LogP contribution in [0.1, 0.15) is 54.5 Å². The fourth-order valence-corrected chi connectivity index (χ4v) is 5.36. The molecule has 1 aliphatic heterocycles. The number of ether oxygens (including phenoxy) is 1. The molecule has 1 N–H and O–H groups in total. The third-order valence-electron chi connectivity index (χ3n) is 5.97. The summed E-state index contributed by atoms with van der Waals surface area (Å²) < 4.78 is 5.29. The second-order valence-corrected chi connectivity index (χ2v) is 8.69. The Kier molecular flexibility index (Phi) is 5.86. The quantitative estimate of drug-likeness (QED) is 0.580. The molecule has 5 nitrogen and oxygen atoms in total. The van der Waals surface area contributed by atoms with Gasteiger partial charge in [-0.1, -0.05) is 37.3 Å². The van der Waals surface area contributed by atoms with Crippen molar-refractivity contribution >= 4 is 29.0 Å². The number of benzene rings is 1. The molecule has 1 aliphatic carbocycles. The average molecular weight is 424 g/mol. The Morgan fingerprint density at radius 1 is 1.13 bits per heavy atom. The van der Waals surface area contributed by atoms with Gasteiger partial charge in [0.05, 0.1) is 6.61 Å². The monoisotopic (exact) mass is 423 g/mol. The number of esters is 1. The molecule has 1 amide bonds. The van der Waals surface area contributed by atoms with Crippen LogP contribution in [0.4, 0.5) is 0 Å². The van der Waals surface area contributed by atoms with Gasteiger partial charge in [0.2, 0.25) is 5.91 Å². The van der Waals surface area contributed by atoms with E-state index in [2.05, 4.69) is 12.2 Å². The first-order chi connectivity index (χ1) is 14.5. The van der Waals surface area contributed by atoms with Crippen molar-refractivity contribution in [3.63, 3.8) is 0 Å². The number of carbonyl (C=O) groups excluding carboxylic acids is 3. The molecule has 156 valence electrons. The molecule has 0 spiro atoms. The number of aryl methyl sites for hydroxylation is 1. The van der Waals surface area contributed by atoms with Crippen LogP contribution in [0.3, 0.4) is 0 Å². The number of rotatable bonds is 5. The van der Waals surface area contributed by atoms with Gasteiger partial charge < -0.3 is 10.1 Å². The second-order valence-electron chi connectivity index (χ2n) is 7.71. The normalized spacial score (nSPS) is 23.7. The van der Waals surface area contributed by atoms with Crippen LogP contribution in [0.25, 0.3) is 0 Å². The number of nitrogens with one attached hydrogen (secondary N) is 1. The van der Waals surface area contributed by atoms with Gasteiger partial charge in [0.15, 0.2) is 5.78 Å². The average Bonchev–Trinajstić information content (AvgIpc) is 3.27. The standard InChI is InChI=1S/C24H25NO4S/c1-3-14-7-9-15(10-8-14)16-13-20(26)25-18-12-17(19-6-5-11-30-19)22(23(27)21(16)18)24(28)29-4-2/h5-11,16-17,22H,3-4,12-13H2,1-2H3,(H,25,26)/t16-,17-,22+/m0/s1. The van der Waals surface area contributed by atoms with Crippen LogP contribution in [-0.4, -0.2) is 24.3 Å². The Balaban J connectivity index is 1.78. The van der Waals surface area contributed by atoms with Gasteiger partial charge in [-0.3, -0.25) is 14.4 Å². The lowest BCUT2D eigenvalue weighted by atomic mass is 9.69. The Bertz CT molecular complexity index is 991. The maximum absolute atomic E-state index is 13.7. The van der Waals surface area contributed by atoms with E-state index in [9.17, 15) is 14.4 Å². The van der Waals surface area contributed by atoms with Crippen LogP contribution in [-0.2, 0) is 25.5 Å². The SMILES string of the molecule is CCOC(=O)[C@H]1C(=O)C2=C(C[C@H]1c1cccs1)NC(=O)C[C@H]2c1ccc(CC)cc1.